The maximum Gasteiger partial charge on any atom is 0.274 e. The third kappa shape index (κ3) is 10.3. The molecule has 0 radical (unpaired) electrons. The van der Waals surface area contributed by atoms with Crippen LogP contribution in [0.2, 0.25) is 0 Å². The number of nitrogens with one attached hydrogen (secondary N) is 3. The van der Waals surface area contributed by atoms with Crippen LogP contribution in [0, 0.1) is 10.8 Å². The molecule has 45 heavy (non-hydrogen) atoms. The summed E-state index contributed by atoms with van der Waals surface area (Å²) in [5.74, 6) is 0.558. The first-order valence-corrected chi connectivity index (χ1v) is 15.6. The number of anilines is 1. The Morgan fingerprint density at radius 2 is 1.87 bits per heavy atom. The molecule has 0 spiro atoms. The van der Waals surface area contributed by atoms with Crippen LogP contribution in [-0.4, -0.2) is 66.2 Å². The maximum atomic E-state index is 13.2. The molecule has 2 atom stereocenters. The van der Waals surface area contributed by atoms with E-state index in [1.165, 1.54) is 13.2 Å². The minimum Gasteiger partial charge on any atom is -0.494 e. The summed E-state index contributed by atoms with van der Waals surface area (Å²) in [5, 5.41) is 13.0. The quantitative estimate of drug-likeness (QED) is 0.158. The van der Waals surface area contributed by atoms with Crippen LogP contribution in [-0.2, 0) is 9.59 Å². The number of allylic oxidation sites excluding steroid dienone is 1. The molecule has 2 aromatic rings. The number of benzene rings is 1. The monoisotopic (exact) mass is 620 g/mol. The number of hydrogen-bond acceptors (Lipinski definition) is 8. The van der Waals surface area contributed by atoms with Crippen molar-refractivity contribution in [2.75, 3.05) is 25.6 Å². The van der Waals surface area contributed by atoms with E-state index in [0.29, 0.717) is 35.9 Å². The van der Waals surface area contributed by atoms with E-state index in [0.717, 1.165) is 51.3 Å². The zero-order valence-electron chi connectivity index (χ0n) is 27.2. The van der Waals surface area contributed by atoms with Crippen molar-refractivity contribution in [3.63, 3.8) is 0 Å². The summed E-state index contributed by atoms with van der Waals surface area (Å²) >= 11 is 0. The van der Waals surface area contributed by atoms with Gasteiger partial charge in [0, 0.05) is 31.3 Å². The molecule has 0 saturated carbocycles. The second kappa shape index (κ2) is 16.6. The van der Waals surface area contributed by atoms with Crippen molar-refractivity contribution in [2.45, 2.75) is 84.7 Å². The molecule has 0 bridgehead atoms. The number of aromatic nitrogens is 1. The van der Waals surface area contributed by atoms with E-state index in [9.17, 15) is 14.4 Å². The highest BCUT2D eigenvalue weighted by molar-refractivity contribution is 6.04. The average molecular weight is 621 g/mol. The molecule has 2 heterocycles. The average Bonchev–Trinajstić information content (AvgIpc) is 3.44. The van der Waals surface area contributed by atoms with E-state index in [4.69, 9.17) is 20.6 Å². The van der Waals surface area contributed by atoms with Crippen LogP contribution in [0.1, 0.15) is 88.8 Å². The van der Waals surface area contributed by atoms with Crippen molar-refractivity contribution in [1.29, 1.82) is 5.41 Å². The normalized spacial score (nSPS) is 15.7. The summed E-state index contributed by atoms with van der Waals surface area (Å²) < 4.78 is 11.4. The lowest BCUT2D eigenvalue weighted by atomic mass is 9.85. The van der Waals surface area contributed by atoms with Gasteiger partial charge in [0.25, 0.3) is 5.91 Å². The zero-order valence-corrected chi connectivity index (χ0v) is 27.2. The van der Waals surface area contributed by atoms with E-state index in [-0.39, 0.29) is 34.7 Å². The Morgan fingerprint density at radius 3 is 2.53 bits per heavy atom. The van der Waals surface area contributed by atoms with E-state index in [1.54, 1.807) is 36.4 Å². The van der Waals surface area contributed by atoms with Crippen molar-refractivity contribution in [2.24, 2.45) is 11.1 Å². The number of nitrogens with zero attached hydrogens (tertiary/aromatic N) is 2. The third-order valence-corrected chi connectivity index (χ3v) is 7.78. The predicted octanol–water partition coefficient (Wildman–Crippen LogP) is 5.16. The Morgan fingerprint density at radius 1 is 1.13 bits per heavy atom. The van der Waals surface area contributed by atoms with E-state index < -0.39 is 11.9 Å². The molecular weight excluding hydrogens is 572 g/mol. The number of carbonyl (C=O) groups excluding carboxylic acids is 3. The van der Waals surface area contributed by atoms with Gasteiger partial charge in [0.1, 0.15) is 23.2 Å². The largest absolute Gasteiger partial charge is 0.494 e. The van der Waals surface area contributed by atoms with Crippen molar-refractivity contribution in [1.82, 2.24) is 15.2 Å². The smallest absolute Gasteiger partial charge is 0.274 e. The highest BCUT2D eigenvalue weighted by Crippen LogP contribution is 2.30. The van der Waals surface area contributed by atoms with Crippen molar-refractivity contribution >= 4 is 35.3 Å². The van der Waals surface area contributed by atoms with Gasteiger partial charge in [-0.15, -0.1) is 0 Å². The maximum absolute atomic E-state index is 13.2. The predicted molar refractivity (Wildman–Crippen MR) is 177 cm³/mol. The van der Waals surface area contributed by atoms with Crippen molar-refractivity contribution < 1.29 is 23.9 Å². The van der Waals surface area contributed by atoms with Gasteiger partial charge in [0.2, 0.25) is 11.8 Å². The highest BCUT2D eigenvalue weighted by Gasteiger charge is 2.38. The fourth-order valence-electron chi connectivity index (χ4n) is 5.19. The Balaban J connectivity index is 1.41. The van der Waals surface area contributed by atoms with Crippen molar-refractivity contribution in [3.8, 4) is 11.5 Å². The first kappa shape index (κ1) is 35.1. The number of methoxy groups -OCH3 is 1. The van der Waals surface area contributed by atoms with Gasteiger partial charge >= 0.3 is 0 Å². The van der Waals surface area contributed by atoms with E-state index in [1.807, 2.05) is 25.7 Å². The van der Waals surface area contributed by atoms with Gasteiger partial charge in [0.15, 0.2) is 0 Å². The molecule has 1 fully saturated rings. The minimum absolute atomic E-state index is 0.0197. The van der Waals surface area contributed by atoms with Gasteiger partial charge < -0.3 is 36.2 Å². The van der Waals surface area contributed by atoms with Crippen LogP contribution in [0.25, 0.3) is 5.70 Å². The molecule has 1 saturated heterocycles. The van der Waals surface area contributed by atoms with Crippen LogP contribution in [0.4, 0.5) is 5.69 Å². The number of ether oxygens (including phenoxy) is 2. The number of carbonyl (C=O) groups is 3. The first-order valence-electron chi connectivity index (χ1n) is 15.6. The topological polar surface area (TPSA) is 160 Å². The molecule has 244 valence electrons. The number of rotatable bonds is 15. The number of hydrogen-bond donors (Lipinski definition) is 4. The SMILES string of the molecule is COc1cc(OCCCCCCC(=O)NC(C(=O)N2CCCC2C)C(C)(C)C)ccc1NC(=O)c1cccc(/C(N)=C/C=N)n1. The minimum atomic E-state index is -0.529. The molecule has 3 rings (SSSR count). The summed E-state index contributed by atoms with van der Waals surface area (Å²) in [5.41, 5.74) is 6.85. The fraction of sp³-hybridized carbons (Fsp3) is 0.500. The Bertz CT molecular complexity index is 1370. The van der Waals surface area contributed by atoms with Gasteiger partial charge in [-0.2, -0.15) is 0 Å². The second-order valence-corrected chi connectivity index (χ2v) is 12.4. The molecule has 1 aromatic carbocycles. The van der Waals surface area contributed by atoms with Gasteiger partial charge in [-0.1, -0.05) is 39.7 Å². The van der Waals surface area contributed by atoms with Crippen LogP contribution in [0.15, 0.2) is 42.5 Å². The summed E-state index contributed by atoms with van der Waals surface area (Å²) in [6.45, 7) is 9.30. The van der Waals surface area contributed by atoms with Crippen LogP contribution >= 0.6 is 0 Å². The molecule has 0 aliphatic carbocycles. The van der Waals surface area contributed by atoms with Crippen LogP contribution in [0.5, 0.6) is 11.5 Å². The number of amides is 3. The van der Waals surface area contributed by atoms with Gasteiger partial charge in [-0.25, -0.2) is 4.98 Å². The standard InChI is InChI=1S/C34H48N6O5/c1-23-12-11-20-40(23)33(43)31(34(2,3)4)39-30(41)15-8-6-7-9-21-45-24-16-17-27(29(22-24)44-5)38-32(42)28-14-10-13-26(37-28)25(36)18-19-35/h10,13-14,16-19,22-23,31,35H,6-9,11-12,15,20-21,36H2,1-5H3,(H,38,42)(H,39,41)/b25-18-,35-19?. The number of likely N-dealkylation sites (tertiary alicyclic amines) is 1. The van der Waals surface area contributed by atoms with Gasteiger partial charge in [0.05, 0.1) is 30.8 Å². The Labute approximate surface area is 266 Å². The number of pyridine rings is 1. The summed E-state index contributed by atoms with van der Waals surface area (Å²) in [6, 6.07) is 9.78. The molecule has 11 nitrogen and oxygen atoms in total. The Hall–Kier alpha value is -4.41. The lowest BCUT2D eigenvalue weighted by Gasteiger charge is -2.35. The molecule has 1 aliphatic rings. The van der Waals surface area contributed by atoms with Gasteiger partial charge in [-0.3, -0.25) is 14.4 Å². The number of unbranched alkanes of at least 4 members (excludes halogenated alkanes) is 3. The first-order chi connectivity index (χ1) is 21.4. The summed E-state index contributed by atoms with van der Waals surface area (Å²) in [4.78, 5) is 44.9. The second-order valence-electron chi connectivity index (χ2n) is 12.4. The highest BCUT2D eigenvalue weighted by atomic mass is 16.5. The molecule has 1 aromatic heterocycles. The number of nitrogens with two attached hydrogens (primary N) is 1. The summed E-state index contributed by atoms with van der Waals surface area (Å²) in [7, 11) is 1.51. The molecular formula is C34H48N6O5. The fourth-order valence-corrected chi connectivity index (χ4v) is 5.19. The van der Waals surface area contributed by atoms with Crippen LogP contribution in [0.3, 0.4) is 0 Å². The molecule has 11 heteroatoms. The van der Waals surface area contributed by atoms with E-state index >= 15 is 0 Å². The molecule has 2 unspecified atom stereocenters. The van der Waals surface area contributed by atoms with Crippen LogP contribution < -0.4 is 25.8 Å². The van der Waals surface area contributed by atoms with Gasteiger partial charge in [-0.05, 0) is 68.4 Å². The molecule has 5 N–H and O–H groups in total. The summed E-state index contributed by atoms with van der Waals surface area (Å²) in [6.07, 6.45) is 8.19. The molecule has 3 amide bonds. The zero-order chi connectivity index (χ0) is 33.0. The lowest BCUT2D eigenvalue weighted by Crippen LogP contribution is -2.55. The van der Waals surface area contributed by atoms with E-state index in [2.05, 4.69) is 22.5 Å². The Kier molecular flexibility index (Phi) is 12.9. The lowest BCUT2D eigenvalue weighted by molar-refractivity contribution is -0.140. The molecule has 1 aliphatic heterocycles. The van der Waals surface area contributed by atoms with Crippen molar-refractivity contribution in [3.05, 3.63) is 53.9 Å². The third-order valence-electron chi connectivity index (χ3n) is 7.78.